The van der Waals surface area contributed by atoms with Crippen LogP contribution in [-0.4, -0.2) is 6.41 Å². The predicted molar refractivity (Wildman–Crippen MR) is 81.3 cm³/mol. The van der Waals surface area contributed by atoms with Crippen LogP contribution in [0.4, 0.5) is 0 Å². The van der Waals surface area contributed by atoms with Gasteiger partial charge in [0, 0.05) is 0 Å². The maximum atomic E-state index is 8.58. The van der Waals surface area contributed by atoms with Gasteiger partial charge in [0.1, 0.15) is 0 Å². The Morgan fingerprint density at radius 2 is 1.72 bits per heavy atom. The lowest BCUT2D eigenvalue weighted by Gasteiger charge is -2.07. The van der Waals surface area contributed by atoms with Gasteiger partial charge in [-0.25, -0.2) is 0 Å². The number of amides is 1. The summed E-state index contributed by atoms with van der Waals surface area (Å²) in [7, 11) is 0. The van der Waals surface area contributed by atoms with Crippen molar-refractivity contribution in [2.24, 2.45) is 5.73 Å². The third-order valence-electron chi connectivity index (χ3n) is 2.32. The largest absolute Gasteiger partial charge is 0.372 e. The van der Waals surface area contributed by atoms with E-state index >= 15 is 0 Å². The molecule has 0 aliphatic carbocycles. The second-order valence-corrected chi connectivity index (χ2v) is 3.44. The number of allylic oxidation sites excluding steroid dienone is 2. The van der Waals surface area contributed by atoms with Crippen LogP contribution in [-0.2, 0) is 4.79 Å². The molecule has 2 N–H and O–H groups in total. The van der Waals surface area contributed by atoms with E-state index in [1.165, 1.54) is 16.7 Å². The Morgan fingerprint density at radius 3 is 2.11 bits per heavy atom. The second-order valence-electron chi connectivity index (χ2n) is 3.44. The minimum Gasteiger partial charge on any atom is -0.372 e. The predicted octanol–water partition coefficient (Wildman–Crippen LogP) is 4.33. The molecule has 102 valence electrons. The van der Waals surface area contributed by atoms with E-state index in [0.717, 1.165) is 12.8 Å². The van der Waals surface area contributed by atoms with E-state index in [2.05, 4.69) is 56.8 Å². The van der Waals surface area contributed by atoms with E-state index in [1.54, 1.807) is 0 Å². The molecule has 1 rings (SSSR count). The normalized spacial score (nSPS) is 9.50. The van der Waals surface area contributed by atoms with Crippen molar-refractivity contribution in [3.05, 3.63) is 41.5 Å². The SMILES string of the molecule is CC.CC/C=C(/CC)c1ccccc1C.NC=O. The highest BCUT2D eigenvalue weighted by atomic mass is 16.1. The summed E-state index contributed by atoms with van der Waals surface area (Å²) in [5, 5.41) is 0. The van der Waals surface area contributed by atoms with E-state index in [1.807, 2.05) is 13.8 Å². The van der Waals surface area contributed by atoms with Crippen molar-refractivity contribution in [1.29, 1.82) is 0 Å². The summed E-state index contributed by atoms with van der Waals surface area (Å²) < 4.78 is 0. The van der Waals surface area contributed by atoms with E-state index < -0.39 is 0 Å². The van der Waals surface area contributed by atoms with Crippen molar-refractivity contribution < 1.29 is 4.79 Å². The van der Waals surface area contributed by atoms with Gasteiger partial charge in [0.25, 0.3) is 0 Å². The molecule has 2 nitrogen and oxygen atoms in total. The fraction of sp³-hybridized carbons (Fsp3) is 0.438. The lowest BCUT2D eigenvalue weighted by Crippen LogP contribution is -1.86. The Hall–Kier alpha value is -1.57. The summed E-state index contributed by atoms with van der Waals surface area (Å²) in [4.78, 5) is 8.58. The van der Waals surface area contributed by atoms with Gasteiger partial charge in [-0.3, -0.25) is 4.79 Å². The first kappa shape index (κ1) is 18.8. The molecule has 0 bridgehead atoms. The molecule has 1 aromatic carbocycles. The highest BCUT2D eigenvalue weighted by molar-refractivity contribution is 5.67. The molecule has 18 heavy (non-hydrogen) atoms. The average Bonchev–Trinajstić information content (AvgIpc) is 2.40. The fourth-order valence-corrected chi connectivity index (χ4v) is 1.62. The quantitative estimate of drug-likeness (QED) is 0.796. The first-order chi connectivity index (χ1) is 8.71. The third kappa shape index (κ3) is 7.66. The molecule has 0 unspecified atom stereocenters. The molecule has 0 saturated carbocycles. The molecule has 0 fully saturated rings. The number of carbonyl (C=O) groups excluding carboxylic acids is 1. The number of hydrogen-bond donors (Lipinski definition) is 1. The summed E-state index contributed by atoms with van der Waals surface area (Å²) in [6.45, 7) is 10.6. The highest BCUT2D eigenvalue weighted by Gasteiger charge is 2.00. The maximum absolute atomic E-state index is 8.58. The summed E-state index contributed by atoms with van der Waals surface area (Å²) in [5.41, 5.74) is 8.43. The summed E-state index contributed by atoms with van der Waals surface area (Å²) >= 11 is 0. The molecular weight excluding hydrogens is 222 g/mol. The Balaban J connectivity index is 0. The van der Waals surface area contributed by atoms with Crippen LogP contribution in [0.5, 0.6) is 0 Å². The first-order valence-electron chi connectivity index (χ1n) is 6.61. The molecule has 0 spiro atoms. The molecule has 2 heteroatoms. The van der Waals surface area contributed by atoms with Crippen LogP contribution in [0.1, 0.15) is 51.7 Å². The minimum absolute atomic E-state index is 0.250. The van der Waals surface area contributed by atoms with Gasteiger partial charge in [0.2, 0.25) is 6.41 Å². The molecule has 0 radical (unpaired) electrons. The van der Waals surface area contributed by atoms with Gasteiger partial charge >= 0.3 is 0 Å². The molecule has 0 atom stereocenters. The molecule has 1 aromatic rings. The topological polar surface area (TPSA) is 43.1 Å². The Labute approximate surface area is 112 Å². The molecule has 1 amide bonds. The number of aryl methyl sites for hydroxylation is 1. The van der Waals surface area contributed by atoms with Crippen molar-refractivity contribution in [3.8, 4) is 0 Å². The number of benzene rings is 1. The monoisotopic (exact) mass is 249 g/mol. The van der Waals surface area contributed by atoms with Crippen LogP contribution < -0.4 is 5.73 Å². The van der Waals surface area contributed by atoms with Crippen LogP contribution in [0.2, 0.25) is 0 Å². The van der Waals surface area contributed by atoms with Crippen LogP contribution >= 0.6 is 0 Å². The standard InChI is InChI=1S/C13H18.C2H6.CH3NO/c1-4-8-12(5-2)13-10-7-6-9-11(13)3;1-2;2-1-3/h6-10H,4-5H2,1-3H3;1-2H3;1H,(H2,2,3)/b12-8-;;. The zero-order chi connectivity index (χ0) is 14.4. The number of hydrogen-bond acceptors (Lipinski definition) is 1. The molecule has 0 aliphatic rings. The summed E-state index contributed by atoms with van der Waals surface area (Å²) in [6.07, 6.45) is 4.82. The summed E-state index contributed by atoms with van der Waals surface area (Å²) in [5.74, 6) is 0. The Bertz CT molecular complexity index is 343. The molecule has 0 saturated heterocycles. The van der Waals surface area contributed by atoms with Gasteiger partial charge in [0.15, 0.2) is 0 Å². The zero-order valence-electron chi connectivity index (χ0n) is 12.4. The van der Waals surface area contributed by atoms with Crippen LogP contribution in [0.15, 0.2) is 30.3 Å². The zero-order valence-corrected chi connectivity index (χ0v) is 12.4. The fourth-order valence-electron chi connectivity index (χ4n) is 1.62. The lowest BCUT2D eigenvalue weighted by molar-refractivity contribution is -0.106. The summed E-state index contributed by atoms with van der Waals surface area (Å²) in [6, 6.07) is 8.59. The van der Waals surface area contributed by atoms with Gasteiger partial charge in [-0.15, -0.1) is 0 Å². The Kier molecular flexibility index (Phi) is 14.1. The van der Waals surface area contributed by atoms with Crippen molar-refractivity contribution in [3.63, 3.8) is 0 Å². The van der Waals surface area contributed by atoms with Crippen LogP contribution in [0.3, 0.4) is 0 Å². The number of nitrogens with two attached hydrogens (primary N) is 1. The smallest absolute Gasteiger partial charge is 0.204 e. The minimum atomic E-state index is 0.250. The number of primary amides is 1. The number of carbonyl (C=O) groups is 1. The van der Waals surface area contributed by atoms with E-state index in [4.69, 9.17) is 4.79 Å². The second kappa shape index (κ2) is 13.5. The van der Waals surface area contributed by atoms with Gasteiger partial charge in [-0.05, 0) is 36.5 Å². The lowest BCUT2D eigenvalue weighted by atomic mass is 9.98. The van der Waals surface area contributed by atoms with Crippen molar-refractivity contribution in [2.75, 3.05) is 0 Å². The third-order valence-corrected chi connectivity index (χ3v) is 2.32. The van der Waals surface area contributed by atoms with Crippen LogP contribution in [0, 0.1) is 6.92 Å². The molecular formula is C16H27NO. The van der Waals surface area contributed by atoms with Gasteiger partial charge in [0.05, 0.1) is 0 Å². The number of rotatable bonds is 3. The van der Waals surface area contributed by atoms with Crippen LogP contribution in [0.25, 0.3) is 5.57 Å². The van der Waals surface area contributed by atoms with Crippen molar-refractivity contribution in [2.45, 2.75) is 47.5 Å². The molecule has 0 aromatic heterocycles. The Morgan fingerprint density at radius 1 is 1.22 bits per heavy atom. The van der Waals surface area contributed by atoms with E-state index in [-0.39, 0.29) is 6.41 Å². The van der Waals surface area contributed by atoms with Gasteiger partial charge in [-0.1, -0.05) is 58.0 Å². The van der Waals surface area contributed by atoms with Gasteiger partial charge in [-0.2, -0.15) is 0 Å². The van der Waals surface area contributed by atoms with E-state index in [9.17, 15) is 0 Å². The van der Waals surface area contributed by atoms with Gasteiger partial charge < -0.3 is 5.73 Å². The highest BCUT2D eigenvalue weighted by Crippen LogP contribution is 2.21. The van der Waals surface area contributed by atoms with Crippen molar-refractivity contribution >= 4 is 12.0 Å². The van der Waals surface area contributed by atoms with E-state index in [0.29, 0.717) is 0 Å². The van der Waals surface area contributed by atoms with Crippen molar-refractivity contribution in [1.82, 2.24) is 0 Å². The maximum Gasteiger partial charge on any atom is 0.204 e. The average molecular weight is 249 g/mol. The molecule has 0 aliphatic heterocycles. The molecule has 0 heterocycles. The first-order valence-corrected chi connectivity index (χ1v) is 6.61.